The molecule has 4 heteroatoms. The van der Waals surface area contributed by atoms with Gasteiger partial charge in [0.05, 0.1) is 10.2 Å². The molecule has 1 aliphatic heterocycles. The van der Waals surface area contributed by atoms with Crippen molar-refractivity contribution < 1.29 is 0 Å². The highest BCUT2D eigenvalue weighted by molar-refractivity contribution is 14.1. The zero-order valence-corrected chi connectivity index (χ0v) is 12.5. The molecule has 0 saturated carbocycles. The summed E-state index contributed by atoms with van der Waals surface area (Å²) in [5.74, 6) is 0. The summed E-state index contributed by atoms with van der Waals surface area (Å²) in [4.78, 5) is 4.82. The first-order valence-corrected chi connectivity index (χ1v) is 6.93. The van der Waals surface area contributed by atoms with Gasteiger partial charge < -0.3 is 9.80 Å². The first-order chi connectivity index (χ1) is 7.18. The van der Waals surface area contributed by atoms with E-state index in [1.165, 1.54) is 13.7 Å². The van der Waals surface area contributed by atoms with Crippen LogP contribution in [0.15, 0.2) is 22.7 Å². The van der Waals surface area contributed by atoms with Crippen molar-refractivity contribution in [3.8, 4) is 0 Å². The number of nitrogens with zero attached hydrogens (tertiary/aromatic N) is 2. The highest BCUT2D eigenvalue weighted by atomic mass is 127. The maximum atomic E-state index is 3.67. The Labute approximate surface area is 113 Å². The van der Waals surface area contributed by atoms with Crippen LogP contribution in [0.2, 0.25) is 0 Å². The molecular formula is C11H14BrIN2. The first-order valence-electron chi connectivity index (χ1n) is 5.06. The normalized spacial score (nSPS) is 18.2. The highest BCUT2D eigenvalue weighted by Gasteiger charge is 2.16. The maximum absolute atomic E-state index is 3.67. The molecule has 0 aromatic heterocycles. The molecule has 0 aliphatic carbocycles. The fraction of sp³-hybridized carbons (Fsp3) is 0.455. The van der Waals surface area contributed by atoms with Gasteiger partial charge in [0.1, 0.15) is 0 Å². The van der Waals surface area contributed by atoms with Crippen LogP contribution in [0.4, 0.5) is 5.69 Å². The molecule has 1 heterocycles. The van der Waals surface area contributed by atoms with E-state index in [-0.39, 0.29) is 0 Å². The molecule has 0 N–H and O–H groups in total. The van der Waals surface area contributed by atoms with E-state index in [1.807, 2.05) is 0 Å². The monoisotopic (exact) mass is 380 g/mol. The highest BCUT2D eigenvalue weighted by Crippen LogP contribution is 2.30. The van der Waals surface area contributed by atoms with E-state index < -0.39 is 0 Å². The van der Waals surface area contributed by atoms with Gasteiger partial charge >= 0.3 is 0 Å². The molecule has 1 aromatic rings. The Morgan fingerprint density at radius 1 is 1.20 bits per heavy atom. The van der Waals surface area contributed by atoms with Crippen LogP contribution in [0.25, 0.3) is 0 Å². The van der Waals surface area contributed by atoms with Crippen LogP contribution < -0.4 is 4.90 Å². The number of likely N-dealkylation sites (N-methyl/N-ethyl adjacent to an activating group) is 1. The summed E-state index contributed by atoms with van der Waals surface area (Å²) < 4.78 is 2.51. The zero-order chi connectivity index (χ0) is 10.8. The fourth-order valence-corrected chi connectivity index (χ4v) is 2.78. The molecule has 1 aromatic carbocycles. The Morgan fingerprint density at radius 3 is 2.53 bits per heavy atom. The number of benzene rings is 1. The quantitative estimate of drug-likeness (QED) is 0.691. The SMILES string of the molecule is CN1CCN(c2cccc(I)c2Br)CC1. The van der Waals surface area contributed by atoms with Gasteiger partial charge in [0.15, 0.2) is 0 Å². The standard InChI is InChI=1S/C11H14BrIN2/c1-14-5-7-15(8-6-14)10-4-2-3-9(13)11(10)12/h2-4H,5-8H2,1H3. The van der Waals surface area contributed by atoms with Gasteiger partial charge in [-0.15, -0.1) is 0 Å². The molecule has 0 bridgehead atoms. The van der Waals surface area contributed by atoms with Gasteiger partial charge in [-0.05, 0) is 57.7 Å². The number of hydrogen-bond acceptors (Lipinski definition) is 2. The molecule has 2 rings (SSSR count). The van der Waals surface area contributed by atoms with Crippen molar-refractivity contribution in [2.75, 3.05) is 38.1 Å². The summed E-state index contributed by atoms with van der Waals surface area (Å²) in [5.41, 5.74) is 1.33. The van der Waals surface area contributed by atoms with Gasteiger partial charge in [0, 0.05) is 29.7 Å². The molecule has 2 nitrogen and oxygen atoms in total. The van der Waals surface area contributed by atoms with Crippen molar-refractivity contribution in [1.82, 2.24) is 4.90 Å². The third-order valence-corrected chi connectivity index (χ3v) is 5.25. The number of rotatable bonds is 1. The molecule has 0 spiro atoms. The van der Waals surface area contributed by atoms with Crippen LogP contribution in [0, 0.1) is 3.57 Å². The average Bonchev–Trinajstić information content (AvgIpc) is 2.24. The second kappa shape index (κ2) is 5.01. The Hall–Kier alpha value is 0.190. The molecule has 1 saturated heterocycles. The molecule has 0 unspecified atom stereocenters. The molecule has 1 aliphatic rings. The number of piperazine rings is 1. The molecule has 15 heavy (non-hydrogen) atoms. The predicted molar refractivity (Wildman–Crippen MR) is 76.6 cm³/mol. The molecular weight excluding hydrogens is 367 g/mol. The average molecular weight is 381 g/mol. The van der Waals surface area contributed by atoms with Crippen molar-refractivity contribution >= 4 is 44.2 Å². The second-order valence-corrected chi connectivity index (χ2v) is 5.82. The van der Waals surface area contributed by atoms with Crippen LogP contribution in [-0.4, -0.2) is 38.1 Å². The predicted octanol–water partition coefficient (Wildman–Crippen LogP) is 2.81. The van der Waals surface area contributed by atoms with Crippen LogP contribution in [0.3, 0.4) is 0 Å². The summed E-state index contributed by atoms with van der Waals surface area (Å²) in [6.45, 7) is 4.54. The Morgan fingerprint density at radius 2 is 1.87 bits per heavy atom. The van der Waals surface area contributed by atoms with E-state index in [0.717, 1.165) is 26.2 Å². The third-order valence-electron chi connectivity index (χ3n) is 2.78. The lowest BCUT2D eigenvalue weighted by atomic mass is 10.2. The number of hydrogen-bond donors (Lipinski definition) is 0. The van der Waals surface area contributed by atoms with Gasteiger partial charge in [0.25, 0.3) is 0 Å². The second-order valence-electron chi connectivity index (χ2n) is 3.86. The summed E-state index contributed by atoms with van der Waals surface area (Å²) in [7, 11) is 2.18. The molecule has 82 valence electrons. The summed E-state index contributed by atoms with van der Waals surface area (Å²) in [5, 5.41) is 0. The largest absolute Gasteiger partial charge is 0.368 e. The van der Waals surface area contributed by atoms with Crippen molar-refractivity contribution in [2.45, 2.75) is 0 Å². The van der Waals surface area contributed by atoms with Crippen molar-refractivity contribution in [3.05, 3.63) is 26.2 Å². The zero-order valence-electron chi connectivity index (χ0n) is 8.71. The molecule has 0 amide bonds. The van der Waals surface area contributed by atoms with Gasteiger partial charge in [-0.2, -0.15) is 0 Å². The molecule has 0 radical (unpaired) electrons. The number of halogens is 2. The summed E-state index contributed by atoms with van der Waals surface area (Å²) >= 11 is 6.03. The van der Waals surface area contributed by atoms with Crippen LogP contribution in [-0.2, 0) is 0 Å². The maximum Gasteiger partial charge on any atom is 0.0542 e. The van der Waals surface area contributed by atoms with E-state index in [2.05, 4.69) is 73.6 Å². The van der Waals surface area contributed by atoms with Crippen LogP contribution >= 0.6 is 38.5 Å². The molecule has 0 atom stereocenters. The third kappa shape index (κ3) is 2.65. The van der Waals surface area contributed by atoms with E-state index in [4.69, 9.17) is 0 Å². The van der Waals surface area contributed by atoms with Crippen molar-refractivity contribution in [3.63, 3.8) is 0 Å². The van der Waals surface area contributed by atoms with E-state index in [0.29, 0.717) is 0 Å². The van der Waals surface area contributed by atoms with Gasteiger partial charge in [-0.25, -0.2) is 0 Å². The Bertz CT molecular complexity index is 348. The van der Waals surface area contributed by atoms with Gasteiger partial charge in [-0.3, -0.25) is 0 Å². The smallest absolute Gasteiger partial charge is 0.0542 e. The minimum absolute atomic E-state index is 1.12. The Kier molecular flexibility index (Phi) is 3.90. The lowest BCUT2D eigenvalue weighted by molar-refractivity contribution is 0.312. The van der Waals surface area contributed by atoms with E-state index in [1.54, 1.807) is 0 Å². The lowest BCUT2D eigenvalue weighted by Crippen LogP contribution is -2.44. The molecule has 1 fully saturated rings. The lowest BCUT2D eigenvalue weighted by Gasteiger charge is -2.34. The van der Waals surface area contributed by atoms with Crippen LogP contribution in [0.5, 0.6) is 0 Å². The van der Waals surface area contributed by atoms with Crippen molar-refractivity contribution in [1.29, 1.82) is 0 Å². The van der Waals surface area contributed by atoms with E-state index >= 15 is 0 Å². The Balaban J connectivity index is 2.19. The summed E-state index contributed by atoms with van der Waals surface area (Å²) in [6, 6.07) is 6.45. The summed E-state index contributed by atoms with van der Waals surface area (Å²) in [6.07, 6.45) is 0. The van der Waals surface area contributed by atoms with Crippen molar-refractivity contribution in [2.24, 2.45) is 0 Å². The van der Waals surface area contributed by atoms with Crippen LogP contribution in [0.1, 0.15) is 0 Å². The van der Waals surface area contributed by atoms with E-state index in [9.17, 15) is 0 Å². The minimum Gasteiger partial charge on any atom is -0.368 e. The van der Waals surface area contributed by atoms with Gasteiger partial charge in [0.2, 0.25) is 0 Å². The fourth-order valence-electron chi connectivity index (χ4n) is 1.78. The van der Waals surface area contributed by atoms with Gasteiger partial charge in [-0.1, -0.05) is 6.07 Å². The minimum atomic E-state index is 1.12. The number of anilines is 1. The first kappa shape index (κ1) is 11.7. The topological polar surface area (TPSA) is 6.48 Å².